The topological polar surface area (TPSA) is 8.17 Å². The summed E-state index contributed by atoms with van der Waals surface area (Å²) >= 11 is 0. The van der Waals surface area contributed by atoms with Crippen LogP contribution in [0.5, 0.6) is 0 Å². The van der Waals surface area contributed by atoms with Crippen molar-refractivity contribution in [1.29, 1.82) is 0 Å². The molecule has 58 heavy (non-hydrogen) atoms. The van der Waals surface area contributed by atoms with E-state index in [4.69, 9.17) is 0 Å². The van der Waals surface area contributed by atoms with Crippen LogP contribution in [0, 0.1) is 0 Å². The first-order valence-corrected chi connectivity index (χ1v) is 19.9. The molecule has 1 aromatic heterocycles. The lowest BCUT2D eigenvalue weighted by Gasteiger charge is -2.31. The van der Waals surface area contributed by atoms with Crippen LogP contribution in [-0.4, -0.2) is 4.57 Å². The fraction of sp³-hybridized carbons (Fsp3) is 0. The molecule has 2 nitrogen and oxygen atoms in total. The first kappa shape index (κ1) is 33.6. The molecule has 0 aliphatic carbocycles. The summed E-state index contributed by atoms with van der Waals surface area (Å²) in [5, 5.41) is 7.37. The molecule has 0 spiro atoms. The number of aromatic nitrogens is 1. The van der Waals surface area contributed by atoms with E-state index < -0.39 is 0 Å². The molecule has 10 aromatic carbocycles. The molecule has 0 aliphatic heterocycles. The first-order valence-electron chi connectivity index (χ1n) is 19.9. The summed E-state index contributed by atoms with van der Waals surface area (Å²) in [6.45, 7) is 0. The van der Waals surface area contributed by atoms with Gasteiger partial charge in [-0.25, -0.2) is 0 Å². The van der Waals surface area contributed by atoms with E-state index >= 15 is 0 Å². The van der Waals surface area contributed by atoms with Crippen molar-refractivity contribution in [2.45, 2.75) is 0 Å². The van der Waals surface area contributed by atoms with Gasteiger partial charge >= 0.3 is 0 Å². The number of hydrogen-bond acceptors (Lipinski definition) is 1. The number of hydrogen-bond donors (Lipinski definition) is 0. The Morgan fingerprint density at radius 2 is 0.793 bits per heavy atom. The summed E-state index contributed by atoms with van der Waals surface area (Å²) in [6, 6.07) is 83.8. The maximum absolute atomic E-state index is 2.52. The van der Waals surface area contributed by atoms with Gasteiger partial charge in [-0.15, -0.1) is 0 Å². The highest BCUT2D eigenvalue weighted by atomic mass is 15.2. The van der Waals surface area contributed by atoms with E-state index in [-0.39, 0.29) is 0 Å². The van der Waals surface area contributed by atoms with E-state index in [0.717, 1.165) is 33.8 Å². The minimum atomic E-state index is 1.11. The van der Waals surface area contributed by atoms with E-state index in [9.17, 15) is 0 Å². The van der Waals surface area contributed by atoms with Gasteiger partial charge in [-0.2, -0.15) is 0 Å². The molecule has 0 amide bonds. The van der Waals surface area contributed by atoms with Crippen LogP contribution in [0.4, 0.5) is 17.1 Å². The second-order valence-electron chi connectivity index (χ2n) is 14.8. The summed E-state index contributed by atoms with van der Waals surface area (Å²) in [5.41, 5.74) is 13.9. The molecular formula is C56H38N2. The highest BCUT2D eigenvalue weighted by Gasteiger charge is 2.26. The minimum Gasteiger partial charge on any atom is -0.309 e. The quantitative estimate of drug-likeness (QED) is 0.148. The lowest BCUT2D eigenvalue weighted by molar-refractivity contribution is 1.18. The fourth-order valence-electron chi connectivity index (χ4n) is 9.07. The first-order chi connectivity index (χ1) is 28.8. The van der Waals surface area contributed by atoms with Gasteiger partial charge in [0, 0.05) is 27.5 Å². The monoisotopic (exact) mass is 738 g/mol. The summed E-state index contributed by atoms with van der Waals surface area (Å²) in [4.78, 5) is 2.52. The predicted octanol–water partition coefficient (Wildman–Crippen LogP) is 15.6. The SMILES string of the molecule is c1ccc(-c2ccccc2N(c2ccccc2-c2cc3ccccc3c3ccccc23)c2cccc3c2c2ccccc2n3-c2ccccc2-c2ccccc2)cc1. The molecule has 11 rings (SSSR count). The minimum absolute atomic E-state index is 1.11. The van der Waals surface area contributed by atoms with Crippen LogP contribution < -0.4 is 4.90 Å². The van der Waals surface area contributed by atoms with Crippen LogP contribution in [0.3, 0.4) is 0 Å². The number of benzene rings is 10. The Hall–Kier alpha value is -7.68. The molecule has 0 radical (unpaired) electrons. The number of nitrogens with zero attached hydrogens (tertiary/aromatic N) is 2. The molecule has 0 fully saturated rings. The van der Waals surface area contributed by atoms with E-state index in [1.165, 1.54) is 65.7 Å². The maximum Gasteiger partial charge on any atom is 0.0562 e. The van der Waals surface area contributed by atoms with Gasteiger partial charge in [0.15, 0.2) is 0 Å². The Labute approximate surface area is 338 Å². The largest absolute Gasteiger partial charge is 0.309 e. The third-order valence-corrected chi connectivity index (χ3v) is 11.6. The Morgan fingerprint density at radius 1 is 0.293 bits per heavy atom. The molecule has 0 saturated carbocycles. The van der Waals surface area contributed by atoms with Crippen molar-refractivity contribution in [2.75, 3.05) is 4.90 Å². The summed E-state index contributed by atoms with van der Waals surface area (Å²) < 4.78 is 2.46. The Balaban J connectivity index is 1.25. The van der Waals surface area contributed by atoms with Crippen LogP contribution in [0.25, 0.3) is 82.4 Å². The molecule has 11 aromatic rings. The van der Waals surface area contributed by atoms with Gasteiger partial charge in [0.05, 0.1) is 33.8 Å². The third-order valence-electron chi connectivity index (χ3n) is 11.6. The van der Waals surface area contributed by atoms with Crippen molar-refractivity contribution in [3.8, 4) is 39.1 Å². The van der Waals surface area contributed by atoms with Crippen LogP contribution in [0.1, 0.15) is 0 Å². The van der Waals surface area contributed by atoms with Crippen LogP contribution >= 0.6 is 0 Å². The van der Waals surface area contributed by atoms with Crippen LogP contribution in [-0.2, 0) is 0 Å². The van der Waals surface area contributed by atoms with E-state index in [2.05, 4.69) is 240 Å². The van der Waals surface area contributed by atoms with E-state index in [1.807, 2.05) is 0 Å². The van der Waals surface area contributed by atoms with Crippen LogP contribution in [0.15, 0.2) is 231 Å². The van der Waals surface area contributed by atoms with Crippen molar-refractivity contribution >= 4 is 60.4 Å². The number of anilines is 3. The predicted molar refractivity (Wildman–Crippen MR) is 247 cm³/mol. The fourth-order valence-corrected chi connectivity index (χ4v) is 9.07. The van der Waals surface area contributed by atoms with Gasteiger partial charge in [0.2, 0.25) is 0 Å². The van der Waals surface area contributed by atoms with E-state index in [1.54, 1.807) is 0 Å². The standard InChI is InChI=1S/C56H38N2/c1-3-20-39(21-4-1)43-26-11-15-32-50(43)57(52-34-17-13-30-47(52)49-38-41-24-7-8-25-42(41)45-28-9-10-29-46(45)49)54-36-19-37-55-56(54)48-31-14-18-35-53(48)58(55)51-33-16-12-27-44(51)40-22-5-2-6-23-40/h1-38H. The summed E-state index contributed by atoms with van der Waals surface area (Å²) in [7, 11) is 0. The van der Waals surface area contributed by atoms with Gasteiger partial charge < -0.3 is 9.47 Å². The molecule has 272 valence electrons. The zero-order valence-corrected chi connectivity index (χ0v) is 31.8. The van der Waals surface area contributed by atoms with Gasteiger partial charge in [0.1, 0.15) is 0 Å². The van der Waals surface area contributed by atoms with Gasteiger partial charge in [-0.1, -0.05) is 188 Å². The smallest absolute Gasteiger partial charge is 0.0562 e. The lowest BCUT2D eigenvalue weighted by Crippen LogP contribution is -2.13. The Morgan fingerprint density at radius 3 is 1.55 bits per heavy atom. The normalized spacial score (nSPS) is 11.4. The molecule has 1 heterocycles. The van der Waals surface area contributed by atoms with Crippen molar-refractivity contribution in [2.24, 2.45) is 0 Å². The zero-order valence-electron chi connectivity index (χ0n) is 31.8. The second-order valence-corrected chi connectivity index (χ2v) is 14.8. The molecule has 0 N–H and O–H groups in total. The molecule has 0 atom stereocenters. The average Bonchev–Trinajstić information content (AvgIpc) is 3.65. The highest BCUT2D eigenvalue weighted by molar-refractivity contribution is 6.19. The molecule has 2 heteroatoms. The third kappa shape index (κ3) is 5.50. The van der Waals surface area contributed by atoms with Crippen molar-refractivity contribution in [3.63, 3.8) is 0 Å². The Bertz CT molecular complexity index is 3290. The van der Waals surface area contributed by atoms with E-state index in [0.29, 0.717) is 0 Å². The number of para-hydroxylation sites is 4. The molecular weight excluding hydrogens is 701 g/mol. The maximum atomic E-state index is 2.52. The van der Waals surface area contributed by atoms with Crippen LogP contribution in [0.2, 0.25) is 0 Å². The highest BCUT2D eigenvalue weighted by Crippen LogP contribution is 2.50. The Kier molecular flexibility index (Phi) is 8.19. The van der Waals surface area contributed by atoms with Gasteiger partial charge in [-0.05, 0) is 80.7 Å². The number of rotatable bonds is 7. The van der Waals surface area contributed by atoms with Gasteiger partial charge in [-0.3, -0.25) is 0 Å². The van der Waals surface area contributed by atoms with Crippen molar-refractivity contribution in [1.82, 2.24) is 4.57 Å². The van der Waals surface area contributed by atoms with Crippen molar-refractivity contribution < 1.29 is 0 Å². The summed E-state index contributed by atoms with van der Waals surface area (Å²) in [6.07, 6.45) is 0. The molecule has 0 saturated heterocycles. The van der Waals surface area contributed by atoms with Crippen molar-refractivity contribution in [3.05, 3.63) is 231 Å². The molecule has 0 unspecified atom stereocenters. The number of fused-ring (bicyclic) bond motifs is 6. The average molecular weight is 739 g/mol. The lowest BCUT2D eigenvalue weighted by atomic mass is 9.91. The molecule has 0 aliphatic rings. The van der Waals surface area contributed by atoms with Gasteiger partial charge in [0.25, 0.3) is 0 Å². The second kappa shape index (κ2) is 14.1. The molecule has 0 bridgehead atoms. The zero-order chi connectivity index (χ0) is 38.4. The summed E-state index contributed by atoms with van der Waals surface area (Å²) in [5.74, 6) is 0.